The molecule has 25 heavy (non-hydrogen) atoms. The Hall–Kier alpha value is -3.30. The Labute approximate surface area is 148 Å². The van der Waals surface area contributed by atoms with Gasteiger partial charge in [0.2, 0.25) is 0 Å². The number of anilines is 1. The van der Waals surface area contributed by atoms with Gasteiger partial charge in [0.25, 0.3) is 0 Å². The van der Waals surface area contributed by atoms with Gasteiger partial charge in [0, 0.05) is 5.02 Å². The number of nitrogens with zero attached hydrogens (tertiary/aromatic N) is 4. The fourth-order valence-corrected chi connectivity index (χ4v) is 3.00. The van der Waals surface area contributed by atoms with Gasteiger partial charge in [0.15, 0.2) is 5.65 Å². The molecule has 4 aromatic rings. The third-order valence-corrected chi connectivity index (χ3v) is 4.22. The van der Waals surface area contributed by atoms with E-state index in [-0.39, 0.29) is 11.4 Å². The van der Waals surface area contributed by atoms with Gasteiger partial charge in [-0.05, 0) is 43.3 Å². The van der Waals surface area contributed by atoms with Crippen molar-refractivity contribution in [2.24, 2.45) is 0 Å². The number of hydrogen-bond donors (Lipinski definition) is 1. The molecule has 0 unspecified atom stereocenters. The number of pyridine rings is 1. The Kier molecular flexibility index (Phi) is 3.45. The van der Waals surface area contributed by atoms with Crippen LogP contribution in [0.4, 0.5) is 5.82 Å². The first-order valence-electron chi connectivity index (χ1n) is 7.49. The predicted molar refractivity (Wildman–Crippen MR) is 95.4 cm³/mol. The fraction of sp³-hybridized carbons (Fsp3) is 0.0556. The van der Waals surface area contributed by atoms with Gasteiger partial charge >= 0.3 is 0 Å². The monoisotopic (exact) mass is 349 g/mol. The van der Waals surface area contributed by atoms with Crippen molar-refractivity contribution in [1.29, 1.82) is 5.26 Å². The summed E-state index contributed by atoms with van der Waals surface area (Å²) in [6.07, 6.45) is 1.55. The van der Waals surface area contributed by atoms with Gasteiger partial charge in [0.1, 0.15) is 23.2 Å². The smallest absolute Gasteiger partial charge is 0.166 e. The van der Waals surface area contributed by atoms with E-state index in [1.54, 1.807) is 35.2 Å². The third kappa shape index (κ3) is 2.33. The van der Waals surface area contributed by atoms with Crippen molar-refractivity contribution in [1.82, 2.24) is 14.8 Å². The van der Waals surface area contributed by atoms with Gasteiger partial charge in [-0.2, -0.15) is 10.4 Å². The van der Waals surface area contributed by atoms with Crippen LogP contribution in [0.15, 0.2) is 47.1 Å². The van der Waals surface area contributed by atoms with Crippen LogP contribution in [-0.4, -0.2) is 14.8 Å². The lowest BCUT2D eigenvalue weighted by molar-refractivity contribution is 0.583. The molecule has 0 spiro atoms. The maximum atomic E-state index is 9.55. The normalized spacial score (nSPS) is 10.9. The number of hydrogen-bond acceptors (Lipinski definition) is 5. The number of aromatic nitrogens is 3. The zero-order chi connectivity index (χ0) is 17.6. The van der Waals surface area contributed by atoms with E-state index in [1.165, 1.54) is 0 Å². The summed E-state index contributed by atoms with van der Waals surface area (Å²) in [7, 11) is 0. The van der Waals surface area contributed by atoms with Gasteiger partial charge in [-0.3, -0.25) is 0 Å². The molecule has 0 radical (unpaired) electrons. The molecule has 0 saturated carbocycles. The number of fused-ring (bicyclic) bond motifs is 1. The molecule has 0 amide bonds. The van der Waals surface area contributed by atoms with Crippen molar-refractivity contribution in [2.75, 3.05) is 5.73 Å². The van der Waals surface area contributed by atoms with Gasteiger partial charge < -0.3 is 10.2 Å². The first-order valence-corrected chi connectivity index (χ1v) is 7.86. The van der Waals surface area contributed by atoms with Crippen molar-refractivity contribution in [3.05, 3.63) is 58.9 Å². The number of benzene rings is 1. The lowest BCUT2D eigenvalue weighted by Gasteiger charge is -2.08. The largest absolute Gasteiger partial charge is 0.464 e. The number of nitriles is 1. The molecule has 1 aromatic carbocycles. The summed E-state index contributed by atoms with van der Waals surface area (Å²) in [5.74, 6) is 0.686. The van der Waals surface area contributed by atoms with Crippen molar-refractivity contribution >= 4 is 28.5 Å². The van der Waals surface area contributed by atoms with Gasteiger partial charge in [-0.15, -0.1) is 0 Å². The number of nitrogens with two attached hydrogens (primary N) is 1. The van der Waals surface area contributed by atoms with Gasteiger partial charge in [-0.1, -0.05) is 11.6 Å². The molecule has 4 rings (SSSR count). The average molecular weight is 350 g/mol. The van der Waals surface area contributed by atoms with Crippen LogP contribution >= 0.6 is 11.6 Å². The number of nitrogen functional groups attached to an aromatic ring is 1. The van der Waals surface area contributed by atoms with Crippen LogP contribution in [-0.2, 0) is 0 Å². The molecule has 2 N–H and O–H groups in total. The second-order valence-corrected chi connectivity index (χ2v) is 5.94. The highest BCUT2D eigenvalue weighted by Gasteiger charge is 2.23. The Bertz CT molecular complexity index is 1120. The summed E-state index contributed by atoms with van der Waals surface area (Å²) in [4.78, 5) is 4.42. The van der Waals surface area contributed by atoms with Crippen LogP contribution in [0.25, 0.3) is 28.0 Å². The Morgan fingerprint density at radius 3 is 2.64 bits per heavy atom. The minimum absolute atomic E-state index is 0.136. The third-order valence-electron chi connectivity index (χ3n) is 3.97. The summed E-state index contributed by atoms with van der Waals surface area (Å²) in [5, 5.41) is 15.5. The van der Waals surface area contributed by atoms with E-state index in [2.05, 4.69) is 16.2 Å². The van der Waals surface area contributed by atoms with Crippen LogP contribution in [0.1, 0.15) is 11.3 Å². The molecular formula is C18H12ClN5O. The predicted octanol–water partition coefficient (Wildman–Crippen LogP) is 4.10. The summed E-state index contributed by atoms with van der Waals surface area (Å²) < 4.78 is 7.21. The Morgan fingerprint density at radius 1 is 1.24 bits per heavy atom. The highest BCUT2D eigenvalue weighted by atomic mass is 35.5. The van der Waals surface area contributed by atoms with E-state index in [4.69, 9.17) is 21.8 Å². The van der Waals surface area contributed by atoms with E-state index in [1.807, 2.05) is 19.1 Å². The first kappa shape index (κ1) is 15.2. The molecule has 0 aliphatic rings. The Balaban J connectivity index is 2.11. The SMILES string of the molecule is Cc1nn(-c2ccc(Cl)cc2)c2nc(N)c(C#N)c(-c3ccco3)c12. The highest BCUT2D eigenvalue weighted by Crippen LogP contribution is 2.36. The summed E-state index contributed by atoms with van der Waals surface area (Å²) in [6.45, 7) is 1.86. The molecule has 0 aliphatic heterocycles. The lowest BCUT2D eigenvalue weighted by Crippen LogP contribution is -2.02. The van der Waals surface area contributed by atoms with Gasteiger partial charge in [-0.25, -0.2) is 9.67 Å². The van der Waals surface area contributed by atoms with Crippen molar-refractivity contribution in [3.63, 3.8) is 0 Å². The molecule has 7 heteroatoms. The first-order chi connectivity index (χ1) is 12.1. The van der Waals surface area contributed by atoms with Crippen LogP contribution < -0.4 is 5.73 Å². The molecule has 122 valence electrons. The van der Waals surface area contributed by atoms with Crippen LogP contribution in [0.5, 0.6) is 0 Å². The van der Waals surface area contributed by atoms with E-state index >= 15 is 0 Å². The van der Waals surface area contributed by atoms with Crippen molar-refractivity contribution in [2.45, 2.75) is 6.92 Å². The van der Waals surface area contributed by atoms with Crippen LogP contribution in [0.2, 0.25) is 5.02 Å². The van der Waals surface area contributed by atoms with E-state index in [0.29, 0.717) is 22.0 Å². The molecule has 3 aromatic heterocycles. The van der Waals surface area contributed by atoms with E-state index in [9.17, 15) is 5.26 Å². The summed E-state index contributed by atoms with van der Waals surface area (Å²) >= 11 is 5.97. The van der Waals surface area contributed by atoms with Gasteiger partial charge in [0.05, 0.1) is 28.6 Å². The van der Waals surface area contributed by atoms with Crippen molar-refractivity contribution in [3.8, 4) is 23.1 Å². The minimum atomic E-state index is 0.136. The topological polar surface area (TPSA) is 93.7 Å². The zero-order valence-corrected chi connectivity index (χ0v) is 13.9. The molecule has 0 bridgehead atoms. The maximum Gasteiger partial charge on any atom is 0.166 e. The Morgan fingerprint density at radius 2 is 2.00 bits per heavy atom. The molecule has 6 nitrogen and oxygen atoms in total. The van der Waals surface area contributed by atoms with E-state index in [0.717, 1.165) is 16.8 Å². The second-order valence-electron chi connectivity index (χ2n) is 5.51. The number of furan rings is 1. The summed E-state index contributed by atoms with van der Waals surface area (Å²) in [6, 6.07) is 12.9. The van der Waals surface area contributed by atoms with E-state index < -0.39 is 0 Å². The van der Waals surface area contributed by atoms with Crippen molar-refractivity contribution < 1.29 is 4.42 Å². The number of rotatable bonds is 2. The summed E-state index contributed by atoms with van der Waals surface area (Å²) in [5.41, 5.74) is 9.01. The number of aryl methyl sites for hydroxylation is 1. The molecule has 0 saturated heterocycles. The quantitative estimate of drug-likeness (QED) is 0.588. The van der Waals surface area contributed by atoms with Crippen LogP contribution in [0.3, 0.4) is 0 Å². The maximum absolute atomic E-state index is 9.55. The second kappa shape index (κ2) is 5.65. The highest BCUT2D eigenvalue weighted by molar-refractivity contribution is 6.30. The minimum Gasteiger partial charge on any atom is -0.464 e. The molecule has 0 aliphatic carbocycles. The molecular weight excluding hydrogens is 338 g/mol. The van der Waals surface area contributed by atoms with Crippen LogP contribution in [0, 0.1) is 18.3 Å². The number of halogens is 1. The molecule has 0 atom stereocenters. The molecule has 3 heterocycles. The lowest BCUT2D eigenvalue weighted by atomic mass is 10.0. The average Bonchev–Trinajstić information content (AvgIpc) is 3.23. The standard InChI is InChI=1S/C18H12ClN5O/c1-10-15-16(14-3-2-8-25-14)13(9-20)17(21)22-18(15)24(23-10)12-6-4-11(19)5-7-12/h2-8H,1H3,(H2,21,22). The zero-order valence-electron chi connectivity index (χ0n) is 13.2. The molecule has 0 fully saturated rings. The fourth-order valence-electron chi connectivity index (χ4n) is 2.88.